The van der Waals surface area contributed by atoms with Crippen LogP contribution in [-0.2, 0) is 0 Å². The Morgan fingerprint density at radius 2 is 2.39 bits per heavy atom. The molecule has 0 aromatic carbocycles. The Morgan fingerprint density at radius 1 is 1.56 bits per heavy atom. The quantitative estimate of drug-likeness (QED) is 0.847. The summed E-state index contributed by atoms with van der Waals surface area (Å²) in [6.45, 7) is 7.62. The molecule has 1 aliphatic heterocycles. The van der Waals surface area contributed by atoms with E-state index in [4.69, 9.17) is 0 Å². The number of rotatable bonds is 5. The molecule has 2 heterocycles. The van der Waals surface area contributed by atoms with Gasteiger partial charge in [-0.15, -0.1) is 0 Å². The number of aryl methyl sites for hydroxylation is 1. The van der Waals surface area contributed by atoms with Gasteiger partial charge < -0.3 is 10.2 Å². The van der Waals surface area contributed by atoms with Gasteiger partial charge in [0.05, 0.1) is 4.47 Å². The van der Waals surface area contributed by atoms with Crippen molar-refractivity contribution in [3.63, 3.8) is 0 Å². The predicted octanol–water partition coefficient (Wildman–Crippen LogP) is 3.12. The minimum atomic E-state index is 0.585. The van der Waals surface area contributed by atoms with E-state index in [1.54, 1.807) is 0 Å². The number of halogens is 1. The number of hydrogen-bond donors (Lipinski definition) is 1. The summed E-state index contributed by atoms with van der Waals surface area (Å²) in [6, 6.07) is 2.63. The number of hydrogen-bond acceptors (Lipinski definition) is 3. The Morgan fingerprint density at radius 3 is 3.17 bits per heavy atom. The highest BCUT2D eigenvalue weighted by Crippen LogP contribution is 2.31. The van der Waals surface area contributed by atoms with E-state index in [1.165, 1.54) is 24.8 Å². The van der Waals surface area contributed by atoms with Crippen molar-refractivity contribution >= 4 is 21.7 Å². The maximum absolute atomic E-state index is 4.55. The fourth-order valence-corrected chi connectivity index (χ4v) is 2.96. The monoisotopic (exact) mass is 311 g/mol. The fraction of sp³-hybridized carbons (Fsp3) is 0.643. The highest BCUT2D eigenvalue weighted by Gasteiger charge is 2.26. The molecule has 0 bridgehead atoms. The number of nitrogens with zero attached hydrogens (tertiary/aromatic N) is 2. The van der Waals surface area contributed by atoms with Crippen LogP contribution in [0.1, 0.15) is 31.7 Å². The van der Waals surface area contributed by atoms with E-state index in [0.717, 1.165) is 29.9 Å². The van der Waals surface area contributed by atoms with E-state index in [2.05, 4.69) is 45.0 Å². The standard InChI is InChI=1S/C14H22BrN3/c1-3-7-16-10-12-5-4-9-18(12)14-13(15)11(2)6-8-17-14/h6,8,12,16H,3-5,7,9-10H2,1-2H3. The van der Waals surface area contributed by atoms with Gasteiger partial charge in [-0.05, 0) is 60.3 Å². The van der Waals surface area contributed by atoms with Crippen molar-refractivity contribution in [3.8, 4) is 0 Å². The number of aromatic nitrogens is 1. The molecular formula is C14H22BrN3. The molecule has 0 saturated carbocycles. The Kier molecular flexibility index (Phi) is 5.01. The lowest BCUT2D eigenvalue weighted by Crippen LogP contribution is -2.38. The predicted molar refractivity (Wildman–Crippen MR) is 80.2 cm³/mol. The summed E-state index contributed by atoms with van der Waals surface area (Å²) in [5.74, 6) is 1.11. The molecule has 1 aliphatic rings. The van der Waals surface area contributed by atoms with E-state index in [1.807, 2.05) is 12.3 Å². The normalized spacial score (nSPS) is 19.5. The van der Waals surface area contributed by atoms with E-state index in [9.17, 15) is 0 Å². The molecule has 100 valence electrons. The second kappa shape index (κ2) is 6.53. The van der Waals surface area contributed by atoms with Crippen LogP contribution >= 0.6 is 15.9 Å². The highest BCUT2D eigenvalue weighted by molar-refractivity contribution is 9.10. The smallest absolute Gasteiger partial charge is 0.143 e. The van der Waals surface area contributed by atoms with Gasteiger partial charge in [-0.2, -0.15) is 0 Å². The van der Waals surface area contributed by atoms with Crippen LogP contribution in [0.2, 0.25) is 0 Å². The lowest BCUT2D eigenvalue weighted by molar-refractivity contribution is 0.568. The van der Waals surface area contributed by atoms with E-state index in [0.29, 0.717) is 6.04 Å². The van der Waals surface area contributed by atoms with Gasteiger partial charge in [-0.3, -0.25) is 0 Å². The second-order valence-corrected chi connectivity index (χ2v) is 5.75. The van der Waals surface area contributed by atoms with Crippen molar-refractivity contribution in [1.29, 1.82) is 0 Å². The summed E-state index contributed by atoms with van der Waals surface area (Å²) in [6.07, 6.45) is 5.63. The van der Waals surface area contributed by atoms with Gasteiger partial charge in [-0.25, -0.2) is 4.98 Å². The zero-order valence-corrected chi connectivity index (χ0v) is 12.8. The molecule has 0 aliphatic carbocycles. The third-order valence-electron chi connectivity index (χ3n) is 3.52. The molecule has 1 aromatic rings. The molecule has 1 N–H and O–H groups in total. The number of pyridine rings is 1. The van der Waals surface area contributed by atoms with Gasteiger partial charge in [0, 0.05) is 25.3 Å². The molecule has 18 heavy (non-hydrogen) atoms. The lowest BCUT2D eigenvalue weighted by atomic mass is 10.2. The van der Waals surface area contributed by atoms with Crippen molar-refractivity contribution in [2.24, 2.45) is 0 Å². The maximum atomic E-state index is 4.55. The van der Waals surface area contributed by atoms with E-state index >= 15 is 0 Å². The molecule has 1 unspecified atom stereocenters. The molecule has 2 rings (SSSR count). The fourth-order valence-electron chi connectivity index (χ4n) is 2.50. The SMILES string of the molecule is CCCNCC1CCCN1c1nccc(C)c1Br. The van der Waals surface area contributed by atoms with Gasteiger partial charge in [0.2, 0.25) is 0 Å². The molecule has 0 radical (unpaired) electrons. The lowest BCUT2D eigenvalue weighted by Gasteiger charge is -2.27. The Balaban J connectivity index is 2.08. The Hall–Kier alpha value is -0.610. The largest absolute Gasteiger partial charge is 0.351 e. The van der Waals surface area contributed by atoms with Gasteiger partial charge in [-0.1, -0.05) is 6.92 Å². The summed E-state index contributed by atoms with van der Waals surface area (Å²) in [7, 11) is 0. The van der Waals surface area contributed by atoms with Crippen LogP contribution in [0.5, 0.6) is 0 Å². The zero-order chi connectivity index (χ0) is 13.0. The summed E-state index contributed by atoms with van der Waals surface area (Å²) in [5.41, 5.74) is 1.26. The summed E-state index contributed by atoms with van der Waals surface area (Å²) in [5, 5.41) is 3.53. The van der Waals surface area contributed by atoms with Crippen LogP contribution in [0.3, 0.4) is 0 Å². The van der Waals surface area contributed by atoms with Gasteiger partial charge in [0.15, 0.2) is 0 Å². The average Bonchev–Trinajstić information content (AvgIpc) is 2.81. The van der Waals surface area contributed by atoms with Crippen LogP contribution in [0, 0.1) is 6.92 Å². The Labute approximate surface area is 118 Å². The third kappa shape index (κ3) is 3.04. The van der Waals surface area contributed by atoms with Crippen molar-refractivity contribution in [3.05, 3.63) is 22.3 Å². The first kappa shape index (κ1) is 13.8. The molecule has 0 amide bonds. The van der Waals surface area contributed by atoms with Gasteiger partial charge in [0.1, 0.15) is 5.82 Å². The summed E-state index contributed by atoms with van der Waals surface area (Å²) >= 11 is 3.67. The van der Waals surface area contributed by atoms with Crippen molar-refractivity contribution in [2.75, 3.05) is 24.5 Å². The van der Waals surface area contributed by atoms with Crippen LogP contribution in [0.4, 0.5) is 5.82 Å². The highest BCUT2D eigenvalue weighted by atomic mass is 79.9. The molecule has 4 heteroatoms. The van der Waals surface area contributed by atoms with Crippen LogP contribution in [-0.4, -0.2) is 30.7 Å². The molecular weight excluding hydrogens is 290 g/mol. The van der Waals surface area contributed by atoms with Gasteiger partial charge in [0.25, 0.3) is 0 Å². The second-order valence-electron chi connectivity index (χ2n) is 4.96. The molecule has 1 aromatic heterocycles. The molecule has 1 atom stereocenters. The van der Waals surface area contributed by atoms with Crippen LogP contribution in [0.15, 0.2) is 16.7 Å². The van der Waals surface area contributed by atoms with Crippen molar-refractivity contribution in [1.82, 2.24) is 10.3 Å². The van der Waals surface area contributed by atoms with Crippen LogP contribution in [0.25, 0.3) is 0 Å². The zero-order valence-electron chi connectivity index (χ0n) is 11.2. The first-order chi connectivity index (χ1) is 8.74. The van der Waals surface area contributed by atoms with Crippen molar-refractivity contribution < 1.29 is 0 Å². The molecule has 1 saturated heterocycles. The first-order valence-electron chi connectivity index (χ1n) is 6.82. The molecule has 3 nitrogen and oxygen atoms in total. The first-order valence-corrected chi connectivity index (χ1v) is 7.61. The number of anilines is 1. The average molecular weight is 312 g/mol. The maximum Gasteiger partial charge on any atom is 0.143 e. The summed E-state index contributed by atoms with van der Waals surface area (Å²) < 4.78 is 1.15. The minimum Gasteiger partial charge on any atom is -0.351 e. The van der Waals surface area contributed by atoms with Crippen molar-refractivity contribution in [2.45, 2.75) is 39.2 Å². The van der Waals surface area contributed by atoms with E-state index < -0.39 is 0 Å². The minimum absolute atomic E-state index is 0.585. The number of nitrogens with one attached hydrogen (secondary N) is 1. The molecule has 0 spiro atoms. The van der Waals surface area contributed by atoms with Crippen LogP contribution < -0.4 is 10.2 Å². The summed E-state index contributed by atoms with van der Waals surface area (Å²) in [4.78, 5) is 7.00. The third-order valence-corrected chi connectivity index (χ3v) is 4.50. The topological polar surface area (TPSA) is 28.2 Å². The molecule has 1 fully saturated rings. The van der Waals surface area contributed by atoms with Gasteiger partial charge >= 0.3 is 0 Å². The van der Waals surface area contributed by atoms with E-state index in [-0.39, 0.29) is 0 Å². The Bertz CT molecular complexity index is 395.